The van der Waals surface area contributed by atoms with E-state index in [1.54, 1.807) is 16.0 Å². The van der Waals surface area contributed by atoms with Crippen molar-refractivity contribution >= 4 is 11.9 Å². The monoisotopic (exact) mass is 264 g/mol. The van der Waals surface area contributed by atoms with E-state index >= 15 is 0 Å². The number of anilines is 1. The van der Waals surface area contributed by atoms with Crippen LogP contribution in [0.25, 0.3) is 0 Å². The van der Waals surface area contributed by atoms with E-state index < -0.39 is 0 Å². The first-order chi connectivity index (χ1) is 9.04. The Morgan fingerprint density at radius 2 is 2.32 bits per heavy atom. The van der Waals surface area contributed by atoms with Crippen LogP contribution in [-0.4, -0.2) is 59.2 Å². The van der Waals surface area contributed by atoms with Crippen LogP contribution in [0.3, 0.4) is 0 Å². The highest BCUT2D eigenvalue weighted by Crippen LogP contribution is 2.21. The predicted octanol–water partition coefficient (Wildman–Crippen LogP) is 0.448. The average molecular weight is 264 g/mol. The number of hydrogen-bond acceptors (Lipinski definition) is 5. The van der Waals surface area contributed by atoms with Gasteiger partial charge in [-0.25, -0.2) is 9.97 Å². The van der Waals surface area contributed by atoms with E-state index in [4.69, 9.17) is 0 Å². The van der Waals surface area contributed by atoms with Crippen LogP contribution in [0.5, 0.6) is 0 Å². The maximum atomic E-state index is 12.4. The molecule has 0 aliphatic carbocycles. The van der Waals surface area contributed by atoms with Gasteiger partial charge in [0.1, 0.15) is 0 Å². The van der Waals surface area contributed by atoms with Gasteiger partial charge in [0.15, 0.2) is 0 Å². The number of nitrogens with zero attached hydrogens (tertiary/aromatic N) is 4. The summed E-state index contributed by atoms with van der Waals surface area (Å²) in [5, 5.41) is 9.29. The lowest BCUT2D eigenvalue weighted by Crippen LogP contribution is -2.38. The Balaban J connectivity index is 2.24. The maximum absolute atomic E-state index is 12.4. The molecule has 1 atom stereocenters. The third kappa shape index (κ3) is 2.68. The molecule has 2 heterocycles. The average Bonchev–Trinajstić information content (AvgIpc) is 2.85. The molecule has 19 heavy (non-hydrogen) atoms. The number of aliphatic hydroxyl groups is 1. The number of hydrogen-bond donors (Lipinski definition) is 1. The van der Waals surface area contributed by atoms with Gasteiger partial charge in [0.2, 0.25) is 5.95 Å². The van der Waals surface area contributed by atoms with Gasteiger partial charge >= 0.3 is 0 Å². The molecule has 2 rings (SSSR count). The van der Waals surface area contributed by atoms with Gasteiger partial charge in [-0.1, -0.05) is 0 Å². The Labute approximate surface area is 113 Å². The molecule has 0 unspecified atom stereocenters. The van der Waals surface area contributed by atoms with Crippen LogP contribution in [0.1, 0.15) is 28.9 Å². The molecule has 1 aromatic rings. The first-order valence-corrected chi connectivity index (χ1v) is 6.47. The van der Waals surface area contributed by atoms with Gasteiger partial charge in [0, 0.05) is 26.8 Å². The van der Waals surface area contributed by atoms with E-state index in [0.29, 0.717) is 23.8 Å². The van der Waals surface area contributed by atoms with Gasteiger partial charge < -0.3 is 14.9 Å². The van der Waals surface area contributed by atoms with Gasteiger partial charge in [-0.05, 0) is 19.8 Å². The fourth-order valence-corrected chi connectivity index (χ4v) is 2.33. The molecule has 0 spiro atoms. The van der Waals surface area contributed by atoms with Crippen LogP contribution in [0.4, 0.5) is 5.95 Å². The normalized spacial score (nSPS) is 18.7. The molecule has 1 fully saturated rings. The van der Waals surface area contributed by atoms with Crippen molar-refractivity contribution in [3.63, 3.8) is 0 Å². The molecule has 1 aliphatic heterocycles. The second-order valence-electron chi connectivity index (χ2n) is 5.04. The van der Waals surface area contributed by atoms with Gasteiger partial charge in [-0.2, -0.15) is 0 Å². The topological polar surface area (TPSA) is 69.6 Å². The van der Waals surface area contributed by atoms with Crippen molar-refractivity contribution in [2.24, 2.45) is 0 Å². The number of aromatic nitrogens is 2. The van der Waals surface area contributed by atoms with Gasteiger partial charge in [0.05, 0.1) is 23.9 Å². The predicted molar refractivity (Wildman–Crippen MR) is 72.2 cm³/mol. The second-order valence-corrected chi connectivity index (χ2v) is 5.04. The van der Waals surface area contributed by atoms with E-state index in [2.05, 4.69) is 9.97 Å². The molecule has 0 saturated carbocycles. The fraction of sp³-hybridized carbons (Fsp3) is 0.615. The SMILES string of the molecule is Cc1nc(N(C)C)ncc1C(=O)N1CCC[C@@H]1CO. The molecule has 6 nitrogen and oxygen atoms in total. The highest BCUT2D eigenvalue weighted by atomic mass is 16.3. The number of aliphatic hydroxyl groups excluding tert-OH is 1. The Hall–Kier alpha value is -1.69. The Morgan fingerprint density at radius 3 is 2.89 bits per heavy atom. The molecule has 0 bridgehead atoms. The smallest absolute Gasteiger partial charge is 0.257 e. The van der Waals surface area contributed by atoms with Crippen molar-refractivity contribution in [3.8, 4) is 0 Å². The molecule has 0 aromatic carbocycles. The molecule has 1 aromatic heterocycles. The van der Waals surface area contributed by atoms with Crippen molar-refractivity contribution in [1.29, 1.82) is 0 Å². The van der Waals surface area contributed by atoms with Crippen LogP contribution < -0.4 is 4.90 Å². The molecule has 1 saturated heterocycles. The van der Waals surface area contributed by atoms with E-state index in [9.17, 15) is 9.90 Å². The highest BCUT2D eigenvalue weighted by molar-refractivity contribution is 5.95. The zero-order valence-corrected chi connectivity index (χ0v) is 11.6. The van der Waals surface area contributed by atoms with Crippen LogP contribution in [-0.2, 0) is 0 Å². The number of carbonyl (C=O) groups is 1. The molecule has 104 valence electrons. The molecule has 1 N–H and O–H groups in total. The summed E-state index contributed by atoms with van der Waals surface area (Å²) in [7, 11) is 3.72. The van der Waals surface area contributed by atoms with E-state index in [-0.39, 0.29) is 18.6 Å². The molecule has 1 amide bonds. The number of aryl methyl sites for hydroxylation is 1. The van der Waals surface area contributed by atoms with E-state index in [1.165, 1.54) is 0 Å². The van der Waals surface area contributed by atoms with Crippen LogP contribution in [0.2, 0.25) is 0 Å². The lowest BCUT2D eigenvalue weighted by atomic mass is 10.2. The molecular formula is C13H20N4O2. The third-order valence-electron chi connectivity index (χ3n) is 3.45. The summed E-state index contributed by atoms with van der Waals surface area (Å²) >= 11 is 0. The van der Waals surface area contributed by atoms with Crippen molar-refractivity contribution in [2.45, 2.75) is 25.8 Å². The van der Waals surface area contributed by atoms with Crippen LogP contribution in [0.15, 0.2) is 6.20 Å². The lowest BCUT2D eigenvalue weighted by Gasteiger charge is -2.23. The summed E-state index contributed by atoms with van der Waals surface area (Å²) in [5.74, 6) is 0.508. The summed E-state index contributed by atoms with van der Waals surface area (Å²) in [6.45, 7) is 2.52. The minimum absolute atomic E-state index is 0.0153. The summed E-state index contributed by atoms with van der Waals surface area (Å²) in [6.07, 6.45) is 3.37. The Morgan fingerprint density at radius 1 is 1.58 bits per heavy atom. The minimum Gasteiger partial charge on any atom is -0.394 e. The summed E-state index contributed by atoms with van der Waals surface area (Å²) in [5.41, 5.74) is 1.19. The minimum atomic E-state index is -0.0839. The third-order valence-corrected chi connectivity index (χ3v) is 3.45. The van der Waals surface area contributed by atoms with Crippen LogP contribution in [0, 0.1) is 6.92 Å². The zero-order valence-electron chi connectivity index (χ0n) is 11.6. The van der Waals surface area contributed by atoms with E-state index in [0.717, 1.165) is 12.8 Å². The highest BCUT2D eigenvalue weighted by Gasteiger charge is 2.30. The van der Waals surface area contributed by atoms with Crippen molar-refractivity contribution in [2.75, 3.05) is 32.1 Å². The molecule has 0 radical (unpaired) electrons. The molecular weight excluding hydrogens is 244 g/mol. The van der Waals surface area contributed by atoms with E-state index in [1.807, 2.05) is 21.0 Å². The number of rotatable bonds is 3. The standard InChI is InChI=1S/C13H20N4O2/c1-9-11(7-14-13(15-9)16(2)3)12(19)17-6-4-5-10(17)8-18/h7,10,18H,4-6,8H2,1-3H3/t10-/m1/s1. The number of amides is 1. The summed E-state index contributed by atoms with van der Waals surface area (Å²) < 4.78 is 0. The van der Waals surface area contributed by atoms with Gasteiger partial charge in [-0.15, -0.1) is 0 Å². The van der Waals surface area contributed by atoms with Crippen molar-refractivity contribution in [3.05, 3.63) is 17.5 Å². The van der Waals surface area contributed by atoms with Gasteiger partial charge in [0.25, 0.3) is 5.91 Å². The fourth-order valence-electron chi connectivity index (χ4n) is 2.33. The second kappa shape index (κ2) is 5.52. The molecule has 6 heteroatoms. The van der Waals surface area contributed by atoms with Crippen molar-refractivity contribution < 1.29 is 9.90 Å². The summed E-state index contributed by atoms with van der Waals surface area (Å²) in [4.78, 5) is 24.5. The quantitative estimate of drug-likeness (QED) is 0.858. The number of carbonyl (C=O) groups excluding carboxylic acids is 1. The Bertz CT molecular complexity index is 476. The van der Waals surface area contributed by atoms with Gasteiger partial charge in [-0.3, -0.25) is 4.79 Å². The first kappa shape index (κ1) is 13.7. The summed E-state index contributed by atoms with van der Waals surface area (Å²) in [6, 6.07) is -0.0691. The van der Waals surface area contributed by atoms with Crippen LogP contribution >= 0.6 is 0 Å². The maximum Gasteiger partial charge on any atom is 0.257 e. The number of likely N-dealkylation sites (tertiary alicyclic amines) is 1. The molecule has 1 aliphatic rings. The van der Waals surface area contributed by atoms with Crippen molar-refractivity contribution in [1.82, 2.24) is 14.9 Å². The first-order valence-electron chi connectivity index (χ1n) is 6.47. The lowest BCUT2D eigenvalue weighted by molar-refractivity contribution is 0.0676. The Kier molecular flexibility index (Phi) is 3.99. The zero-order chi connectivity index (χ0) is 14.0. The largest absolute Gasteiger partial charge is 0.394 e.